The third kappa shape index (κ3) is 6.91. The van der Waals surface area contributed by atoms with Gasteiger partial charge in [0.05, 0.1) is 12.7 Å². The molecule has 124 valence electrons. The van der Waals surface area contributed by atoms with Gasteiger partial charge in [0, 0.05) is 13.2 Å². The second kappa shape index (κ2) is 10.8. The summed E-state index contributed by atoms with van der Waals surface area (Å²) in [6, 6.07) is 10.4. The molecule has 1 saturated carbocycles. The summed E-state index contributed by atoms with van der Waals surface area (Å²) in [5, 5.41) is 3.28. The molecule has 0 aliphatic heterocycles. The number of rotatable bonds is 10. The van der Waals surface area contributed by atoms with Crippen LogP contribution in [0.25, 0.3) is 0 Å². The highest BCUT2D eigenvalue weighted by Crippen LogP contribution is 2.25. The van der Waals surface area contributed by atoms with Crippen molar-refractivity contribution in [2.24, 2.45) is 5.92 Å². The topological polar surface area (TPSA) is 30.5 Å². The summed E-state index contributed by atoms with van der Waals surface area (Å²) in [4.78, 5) is 0. The Morgan fingerprint density at radius 2 is 1.73 bits per heavy atom. The van der Waals surface area contributed by atoms with Crippen molar-refractivity contribution < 1.29 is 9.47 Å². The van der Waals surface area contributed by atoms with E-state index < -0.39 is 0 Å². The molecule has 2 rings (SSSR count). The van der Waals surface area contributed by atoms with E-state index in [9.17, 15) is 0 Å². The van der Waals surface area contributed by atoms with Crippen LogP contribution in [-0.2, 0) is 16.1 Å². The predicted molar refractivity (Wildman–Crippen MR) is 91.0 cm³/mol. The fraction of sp³-hybridized carbons (Fsp3) is 0.684. The molecule has 0 atom stereocenters. The van der Waals surface area contributed by atoms with Crippen LogP contribution < -0.4 is 5.32 Å². The summed E-state index contributed by atoms with van der Waals surface area (Å²) in [5.74, 6) is 0.858. The van der Waals surface area contributed by atoms with E-state index in [-0.39, 0.29) is 0 Å². The van der Waals surface area contributed by atoms with Gasteiger partial charge in [-0.15, -0.1) is 0 Å². The van der Waals surface area contributed by atoms with Gasteiger partial charge in [0.1, 0.15) is 0 Å². The second-order valence-electron chi connectivity index (χ2n) is 6.32. The lowest BCUT2D eigenvalue weighted by molar-refractivity contribution is 0.0129. The summed E-state index contributed by atoms with van der Waals surface area (Å²) in [6.45, 7) is 3.59. The fourth-order valence-corrected chi connectivity index (χ4v) is 3.11. The third-order valence-corrected chi connectivity index (χ3v) is 4.43. The van der Waals surface area contributed by atoms with Gasteiger partial charge in [0.15, 0.2) is 0 Å². The van der Waals surface area contributed by atoms with Gasteiger partial charge in [0.25, 0.3) is 0 Å². The molecule has 3 nitrogen and oxygen atoms in total. The number of ether oxygens (including phenoxy) is 2. The Labute approximate surface area is 135 Å². The SMILES string of the molecule is CNC[C@H]1CC[C@H](OCCCCOCc2ccccc2)CC1. The lowest BCUT2D eigenvalue weighted by Gasteiger charge is -2.28. The van der Waals surface area contributed by atoms with E-state index in [2.05, 4.69) is 29.6 Å². The van der Waals surface area contributed by atoms with Gasteiger partial charge in [-0.1, -0.05) is 30.3 Å². The molecule has 1 aromatic rings. The number of nitrogens with one attached hydrogen (secondary N) is 1. The molecule has 0 heterocycles. The lowest BCUT2D eigenvalue weighted by Crippen LogP contribution is -2.27. The van der Waals surface area contributed by atoms with Crippen LogP contribution in [0.5, 0.6) is 0 Å². The first-order valence-electron chi connectivity index (χ1n) is 8.76. The van der Waals surface area contributed by atoms with Gasteiger partial charge in [-0.3, -0.25) is 0 Å². The number of benzene rings is 1. The van der Waals surface area contributed by atoms with Crippen molar-refractivity contribution in [1.82, 2.24) is 5.32 Å². The van der Waals surface area contributed by atoms with Crippen LogP contribution in [0.4, 0.5) is 0 Å². The minimum atomic E-state index is 0.498. The molecular formula is C19H31NO2. The zero-order chi connectivity index (χ0) is 15.5. The van der Waals surface area contributed by atoms with E-state index in [0.29, 0.717) is 6.10 Å². The van der Waals surface area contributed by atoms with Crippen molar-refractivity contribution >= 4 is 0 Å². The maximum absolute atomic E-state index is 6.00. The lowest BCUT2D eigenvalue weighted by atomic mass is 9.87. The van der Waals surface area contributed by atoms with Crippen molar-refractivity contribution in [1.29, 1.82) is 0 Å². The molecule has 0 radical (unpaired) electrons. The van der Waals surface area contributed by atoms with Crippen LogP contribution in [0.3, 0.4) is 0 Å². The molecule has 1 fully saturated rings. The molecule has 0 unspecified atom stereocenters. The molecule has 22 heavy (non-hydrogen) atoms. The minimum absolute atomic E-state index is 0.498. The maximum Gasteiger partial charge on any atom is 0.0716 e. The average molecular weight is 305 g/mol. The summed E-state index contributed by atoms with van der Waals surface area (Å²) in [7, 11) is 2.04. The molecular weight excluding hydrogens is 274 g/mol. The average Bonchev–Trinajstić information content (AvgIpc) is 2.57. The summed E-state index contributed by atoms with van der Waals surface area (Å²) >= 11 is 0. The van der Waals surface area contributed by atoms with E-state index >= 15 is 0 Å². The molecule has 3 heteroatoms. The first kappa shape index (κ1) is 17.5. The van der Waals surface area contributed by atoms with Crippen LogP contribution in [-0.4, -0.2) is 32.9 Å². The Bertz CT molecular complexity index is 374. The fourth-order valence-electron chi connectivity index (χ4n) is 3.11. The van der Waals surface area contributed by atoms with Crippen LogP contribution >= 0.6 is 0 Å². The highest BCUT2D eigenvalue weighted by atomic mass is 16.5. The Morgan fingerprint density at radius 3 is 2.45 bits per heavy atom. The Kier molecular flexibility index (Phi) is 8.54. The van der Waals surface area contributed by atoms with Gasteiger partial charge in [-0.2, -0.15) is 0 Å². The summed E-state index contributed by atoms with van der Waals surface area (Å²) in [5.41, 5.74) is 1.25. The number of unbranched alkanes of at least 4 members (excludes halogenated alkanes) is 1. The van der Waals surface area contributed by atoms with Crippen molar-refractivity contribution in [3.8, 4) is 0 Å². The minimum Gasteiger partial charge on any atom is -0.378 e. The smallest absolute Gasteiger partial charge is 0.0716 e. The first-order valence-corrected chi connectivity index (χ1v) is 8.76. The van der Waals surface area contributed by atoms with Gasteiger partial charge >= 0.3 is 0 Å². The summed E-state index contributed by atoms with van der Waals surface area (Å²) in [6.07, 6.45) is 7.77. The van der Waals surface area contributed by atoms with E-state index in [4.69, 9.17) is 9.47 Å². The van der Waals surface area contributed by atoms with E-state index in [1.807, 2.05) is 13.1 Å². The van der Waals surface area contributed by atoms with Crippen LogP contribution in [0.15, 0.2) is 30.3 Å². The third-order valence-electron chi connectivity index (χ3n) is 4.43. The van der Waals surface area contributed by atoms with Crippen molar-refractivity contribution in [3.63, 3.8) is 0 Å². The van der Waals surface area contributed by atoms with Gasteiger partial charge in [-0.25, -0.2) is 0 Å². The van der Waals surface area contributed by atoms with Gasteiger partial charge < -0.3 is 14.8 Å². The first-order chi connectivity index (χ1) is 10.9. The van der Waals surface area contributed by atoms with E-state index in [1.165, 1.54) is 31.2 Å². The van der Waals surface area contributed by atoms with Gasteiger partial charge in [0.2, 0.25) is 0 Å². The van der Waals surface area contributed by atoms with Crippen LogP contribution in [0, 0.1) is 5.92 Å². The molecule has 0 aromatic heterocycles. The molecule has 0 bridgehead atoms. The largest absolute Gasteiger partial charge is 0.378 e. The van der Waals surface area contributed by atoms with Crippen molar-refractivity contribution in [3.05, 3.63) is 35.9 Å². The van der Waals surface area contributed by atoms with Crippen LogP contribution in [0.2, 0.25) is 0 Å². The molecule has 1 N–H and O–H groups in total. The Balaban J connectivity index is 1.42. The molecule has 1 aliphatic carbocycles. The highest BCUT2D eigenvalue weighted by Gasteiger charge is 2.20. The normalized spacial score (nSPS) is 21.9. The second-order valence-corrected chi connectivity index (χ2v) is 6.32. The quantitative estimate of drug-likeness (QED) is 0.667. The Morgan fingerprint density at radius 1 is 1.00 bits per heavy atom. The molecule has 0 spiro atoms. The van der Waals surface area contributed by atoms with Gasteiger partial charge in [-0.05, 0) is 63.6 Å². The molecule has 1 aliphatic rings. The molecule has 0 saturated heterocycles. The number of hydrogen-bond acceptors (Lipinski definition) is 3. The predicted octanol–water partition coefficient (Wildman–Crippen LogP) is 3.78. The summed E-state index contributed by atoms with van der Waals surface area (Å²) < 4.78 is 11.7. The zero-order valence-electron chi connectivity index (χ0n) is 13.9. The van der Waals surface area contributed by atoms with E-state index in [0.717, 1.165) is 45.1 Å². The monoisotopic (exact) mass is 305 g/mol. The van der Waals surface area contributed by atoms with Crippen LogP contribution in [0.1, 0.15) is 44.1 Å². The van der Waals surface area contributed by atoms with Crippen molar-refractivity contribution in [2.45, 2.75) is 51.2 Å². The zero-order valence-corrected chi connectivity index (χ0v) is 13.9. The molecule has 1 aromatic carbocycles. The number of hydrogen-bond donors (Lipinski definition) is 1. The maximum atomic E-state index is 6.00. The standard InChI is InChI=1S/C19H31NO2/c1-20-15-17-9-11-19(12-10-17)22-14-6-5-13-21-16-18-7-3-2-4-8-18/h2-4,7-8,17,19-20H,5-6,9-16H2,1H3/t17-,19-. The highest BCUT2D eigenvalue weighted by molar-refractivity contribution is 5.13. The van der Waals surface area contributed by atoms with E-state index in [1.54, 1.807) is 0 Å². The Hall–Kier alpha value is -0.900. The molecule has 0 amide bonds. The van der Waals surface area contributed by atoms with Crippen molar-refractivity contribution in [2.75, 3.05) is 26.8 Å².